The first-order valence-corrected chi connectivity index (χ1v) is 5.73. The fraction of sp³-hybridized carbons (Fsp3) is 0.0714. The SMILES string of the molecule is Cc1ccc(C(=O)O)cc1-c1ccc(C=C[N+](=O)[O-])o1. The molecule has 0 spiro atoms. The summed E-state index contributed by atoms with van der Waals surface area (Å²) < 4.78 is 5.45. The highest BCUT2D eigenvalue weighted by Crippen LogP contribution is 2.27. The van der Waals surface area contributed by atoms with Crippen LogP contribution in [0.3, 0.4) is 0 Å². The molecule has 1 heterocycles. The van der Waals surface area contributed by atoms with E-state index in [0.29, 0.717) is 17.1 Å². The molecule has 0 saturated heterocycles. The molecular weight excluding hydrogens is 262 g/mol. The zero-order valence-corrected chi connectivity index (χ0v) is 10.6. The molecule has 0 amide bonds. The Balaban J connectivity index is 2.39. The maximum absolute atomic E-state index is 11.0. The molecule has 0 saturated carbocycles. The van der Waals surface area contributed by atoms with E-state index in [4.69, 9.17) is 9.52 Å². The Kier molecular flexibility index (Phi) is 3.65. The molecule has 2 aromatic rings. The van der Waals surface area contributed by atoms with Crippen molar-refractivity contribution in [3.63, 3.8) is 0 Å². The molecule has 0 radical (unpaired) electrons. The van der Waals surface area contributed by atoms with E-state index in [1.165, 1.54) is 18.2 Å². The van der Waals surface area contributed by atoms with Crippen LogP contribution in [0.15, 0.2) is 40.9 Å². The monoisotopic (exact) mass is 273 g/mol. The van der Waals surface area contributed by atoms with Crippen molar-refractivity contribution in [1.29, 1.82) is 0 Å². The van der Waals surface area contributed by atoms with E-state index < -0.39 is 10.9 Å². The molecule has 6 nitrogen and oxygen atoms in total. The van der Waals surface area contributed by atoms with Crippen LogP contribution in [0.5, 0.6) is 0 Å². The molecular formula is C14H11NO5. The second kappa shape index (κ2) is 5.40. The van der Waals surface area contributed by atoms with Gasteiger partial charge in [0.2, 0.25) is 6.20 Å². The molecule has 0 bridgehead atoms. The molecule has 0 fully saturated rings. The standard InChI is InChI=1S/C14H11NO5/c1-9-2-3-10(14(16)17)8-12(9)13-5-4-11(20-13)6-7-15(18)19/h2-8H,1H3,(H,16,17). The van der Waals surface area contributed by atoms with Crippen molar-refractivity contribution in [2.24, 2.45) is 0 Å². The molecule has 0 atom stereocenters. The van der Waals surface area contributed by atoms with Gasteiger partial charge in [0.1, 0.15) is 11.5 Å². The highest BCUT2D eigenvalue weighted by molar-refractivity contribution is 5.89. The first kappa shape index (κ1) is 13.5. The van der Waals surface area contributed by atoms with Crippen molar-refractivity contribution >= 4 is 12.0 Å². The van der Waals surface area contributed by atoms with Crippen molar-refractivity contribution < 1.29 is 19.2 Å². The number of benzene rings is 1. The van der Waals surface area contributed by atoms with Gasteiger partial charge in [0, 0.05) is 5.56 Å². The van der Waals surface area contributed by atoms with Crippen molar-refractivity contribution in [3.05, 3.63) is 63.5 Å². The third-order valence-electron chi connectivity index (χ3n) is 2.74. The van der Waals surface area contributed by atoms with Gasteiger partial charge in [-0.15, -0.1) is 0 Å². The molecule has 1 aromatic heterocycles. The summed E-state index contributed by atoms with van der Waals surface area (Å²) in [6, 6.07) is 7.94. The van der Waals surface area contributed by atoms with Crippen LogP contribution in [0.25, 0.3) is 17.4 Å². The number of furan rings is 1. The van der Waals surface area contributed by atoms with E-state index in [1.807, 2.05) is 6.92 Å². The second-order valence-electron chi connectivity index (χ2n) is 4.14. The van der Waals surface area contributed by atoms with Crippen LogP contribution in [0.2, 0.25) is 0 Å². The van der Waals surface area contributed by atoms with Crippen LogP contribution in [0.1, 0.15) is 21.7 Å². The highest BCUT2D eigenvalue weighted by atomic mass is 16.6. The van der Waals surface area contributed by atoms with Gasteiger partial charge in [-0.2, -0.15) is 0 Å². The topological polar surface area (TPSA) is 93.6 Å². The Morgan fingerprint density at radius 2 is 2.10 bits per heavy atom. The van der Waals surface area contributed by atoms with Crippen LogP contribution in [0.4, 0.5) is 0 Å². The van der Waals surface area contributed by atoms with E-state index in [1.54, 1.807) is 18.2 Å². The third kappa shape index (κ3) is 2.92. The number of aromatic carboxylic acids is 1. The Bertz CT molecular complexity index is 699. The summed E-state index contributed by atoms with van der Waals surface area (Å²) in [6.45, 7) is 1.83. The number of carboxylic acids is 1. The molecule has 0 unspecified atom stereocenters. The lowest BCUT2D eigenvalue weighted by Gasteiger charge is -2.04. The largest absolute Gasteiger partial charge is 0.478 e. The van der Waals surface area contributed by atoms with Crippen LogP contribution >= 0.6 is 0 Å². The molecule has 0 aliphatic rings. The minimum Gasteiger partial charge on any atom is -0.478 e. The van der Waals surface area contributed by atoms with E-state index in [2.05, 4.69) is 0 Å². The Hall–Kier alpha value is -2.89. The van der Waals surface area contributed by atoms with Crippen molar-refractivity contribution in [2.75, 3.05) is 0 Å². The highest BCUT2D eigenvalue weighted by Gasteiger charge is 2.11. The summed E-state index contributed by atoms with van der Waals surface area (Å²) in [5, 5.41) is 19.2. The summed E-state index contributed by atoms with van der Waals surface area (Å²) in [5.41, 5.74) is 1.66. The quantitative estimate of drug-likeness (QED) is 0.681. The van der Waals surface area contributed by atoms with Gasteiger partial charge >= 0.3 is 5.97 Å². The predicted octanol–water partition coefficient (Wildman–Crippen LogP) is 3.20. The van der Waals surface area contributed by atoms with E-state index in [9.17, 15) is 14.9 Å². The van der Waals surface area contributed by atoms with E-state index in [0.717, 1.165) is 11.8 Å². The minimum absolute atomic E-state index is 0.157. The van der Waals surface area contributed by atoms with E-state index in [-0.39, 0.29) is 5.56 Å². The number of aryl methyl sites for hydroxylation is 1. The minimum atomic E-state index is -1.02. The molecule has 0 aliphatic heterocycles. The van der Waals surface area contributed by atoms with Gasteiger partial charge in [-0.05, 0) is 36.8 Å². The van der Waals surface area contributed by atoms with Crippen LogP contribution < -0.4 is 0 Å². The number of carbonyl (C=O) groups is 1. The van der Waals surface area contributed by atoms with Crippen LogP contribution in [0, 0.1) is 17.0 Å². The normalized spacial score (nSPS) is 10.8. The van der Waals surface area contributed by atoms with Crippen molar-refractivity contribution in [1.82, 2.24) is 0 Å². The zero-order chi connectivity index (χ0) is 14.7. The molecule has 6 heteroatoms. The smallest absolute Gasteiger partial charge is 0.335 e. The van der Waals surface area contributed by atoms with Crippen molar-refractivity contribution in [2.45, 2.75) is 6.92 Å². The summed E-state index contributed by atoms with van der Waals surface area (Å²) in [7, 11) is 0. The maximum atomic E-state index is 11.0. The lowest BCUT2D eigenvalue weighted by molar-refractivity contribution is -0.401. The van der Waals surface area contributed by atoms with Gasteiger partial charge < -0.3 is 9.52 Å². The van der Waals surface area contributed by atoms with Gasteiger partial charge in [-0.25, -0.2) is 4.79 Å². The average Bonchev–Trinajstić information content (AvgIpc) is 2.85. The number of rotatable bonds is 4. The van der Waals surface area contributed by atoms with E-state index >= 15 is 0 Å². The number of hydrogen-bond donors (Lipinski definition) is 1. The molecule has 102 valence electrons. The summed E-state index contributed by atoms with van der Waals surface area (Å²) in [6.07, 6.45) is 2.02. The summed E-state index contributed by atoms with van der Waals surface area (Å²) in [4.78, 5) is 20.6. The van der Waals surface area contributed by atoms with Gasteiger partial charge in [0.15, 0.2) is 0 Å². The molecule has 20 heavy (non-hydrogen) atoms. The predicted molar refractivity (Wildman–Crippen MR) is 71.9 cm³/mol. The lowest BCUT2D eigenvalue weighted by atomic mass is 10.0. The molecule has 1 N–H and O–H groups in total. The Morgan fingerprint density at radius 3 is 2.75 bits per heavy atom. The van der Waals surface area contributed by atoms with Gasteiger partial charge in [0.25, 0.3) is 0 Å². The van der Waals surface area contributed by atoms with Gasteiger partial charge in [0.05, 0.1) is 16.6 Å². The summed E-state index contributed by atoms with van der Waals surface area (Å²) >= 11 is 0. The maximum Gasteiger partial charge on any atom is 0.335 e. The van der Waals surface area contributed by atoms with Crippen LogP contribution in [-0.2, 0) is 0 Å². The number of nitro groups is 1. The Labute approximate surface area is 114 Å². The molecule has 2 rings (SSSR count). The second-order valence-corrected chi connectivity index (χ2v) is 4.14. The fourth-order valence-corrected chi connectivity index (χ4v) is 1.74. The average molecular weight is 273 g/mol. The fourth-order valence-electron chi connectivity index (χ4n) is 1.74. The first-order chi connectivity index (χ1) is 9.47. The lowest BCUT2D eigenvalue weighted by Crippen LogP contribution is -1.96. The van der Waals surface area contributed by atoms with Crippen LogP contribution in [-0.4, -0.2) is 16.0 Å². The number of carboxylic acid groups (broad SMARTS) is 1. The van der Waals surface area contributed by atoms with Gasteiger partial charge in [-0.3, -0.25) is 10.1 Å². The molecule has 0 aliphatic carbocycles. The number of hydrogen-bond acceptors (Lipinski definition) is 4. The Morgan fingerprint density at radius 1 is 1.35 bits per heavy atom. The first-order valence-electron chi connectivity index (χ1n) is 5.73. The van der Waals surface area contributed by atoms with Gasteiger partial charge in [-0.1, -0.05) is 6.07 Å². The zero-order valence-electron chi connectivity index (χ0n) is 10.6. The summed E-state index contributed by atoms with van der Waals surface area (Å²) in [5.74, 6) is -0.225. The van der Waals surface area contributed by atoms with Crippen molar-refractivity contribution in [3.8, 4) is 11.3 Å². The third-order valence-corrected chi connectivity index (χ3v) is 2.74. The molecule has 1 aromatic carbocycles. The number of nitrogens with zero attached hydrogens (tertiary/aromatic N) is 1.